The number of rotatable bonds is 6. The molecule has 0 aliphatic rings. The van der Waals surface area contributed by atoms with Crippen LogP contribution in [0.15, 0.2) is 82.0 Å². The zero-order chi connectivity index (χ0) is 20.2. The quantitative estimate of drug-likeness (QED) is 0.268. The molecular formula is C24H20O5. The molecule has 3 aromatic carbocycles. The van der Waals surface area contributed by atoms with Crippen molar-refractivity contribution in [2.45, 2.75) is 26.1 Å². The molecule has 1 aromatic heterocycles. The summed E-state index contributed by atoms with van der Waals surface area (Å²) in [5.41, 5.74) is 0.924. The summed E-state index contributed by atoms with van der Waals surface area (Å²) in [6.45, 7) is 2.04. The van der Waals surface area contributed by atoms with Crippen molar-refractivity contribution in [2.24, 2.45) is 0 Å². The lowest BCUT2D eigenvalue weighted by molar-refractivity contribution is -0.153. The van der Waals surface area contributed by atoms with E-state index in [0.29, 0.717) is 23.1 Å². The van der Waals surface area contributed by atoms with Crippen LogP contribution in [0.25, 0.3) is 21.7 Å². The molecule has 0 aliphatic heterocycles. The van der Waals surface area contributed by atoms with Gasteiger partial charge in [-0.05, 0) is 35.6 Å². The molecule has 1 unspecified atom stereocenters. The molecular weight excluding hydrogens is 368 g/mol. The molecule has 0 fully saturated rings. The van der Waals surface area contributed by atoms with Gasteiger partial charge in [0.05, 0.1) is 5.39 Å². The molecule has 0 bridgehead atoms. The Morgan fingerprint density at radius 2 is 1.66 bits per heavy atom. The Labute approximate surface area is 167 Å². The molecule has 0 amide bonds. The maximum Gasteiger partial charge on any atom is 0.347 e. The van der Waals surface area contributed by atoms with Gasteiger partial charge in [-0.1, -0.05) is 55.5 Å². The first-order valence-corrected chi connectivity index (χ1v) is 9.48. The SMILES string of the molecule is CCC(Oc1ccc2c(c1)oc(=O)c1ccccc12)C(=O)OCc1ccccc1. The van der Waals surface area contributed by atoms with E-state index in [1.807, 2.05) is 55.5 Å². The molecule has 0 N–H and O–H groups in total. The molecule has 4 aromatic rings. The predicted molar refractivity (Wildman–Crippen MR) is 111 cm³/mol. The topological polar surface area (TPSA) is 65.7 Å². The Bertz CT molecular complexity index is 1210. The second kappa shape index (κ2) is 8.19. The van der Waals surface area contributed by atoms with Gasteiger partial charge in [-0.15, -0.1) is 0 Å². The van der Waals surface area contributed by atoms with E-state index in [1.165, 1.54) is 0 Å². The Morgan fingerprint density at radius 3 is 2.41 bits per heavy atom. The summed E-state index contributed by atoms with van der Waals surface area (Å²) < 4.78 is 16.7. The number of benzene rings is 3. The van der Waals surface area contributed by atoms with E-state index in [9.17, 15) is 9.59 Å². The summed E-state index contributed by atoms with van der Waals surface area (Å²) in [7, 11) is 0. The third-order valence-electron chi connectivity index (χ3n) is 4.73. The maximum absolute atomic E-state index is 12.4. The molecule has 5 nitrogen and oxygen atoms in total. The Balaban J connectivity index is 1.55. The summed E-state index contributed by atoms with van der Waals surface area (Å²) >= 11 is 0. The fourth-order valence-electron chi connectivity index (χ4n) is 3.22. The van der Waals surface area contributed by atoms with Gasteiger partial charge in [0.25, 0.3) is 0 Å². The molecule has 146 valence electrons. The lowest BCUT2D eigenvalue weighted by atomic mass is 10.1. The highest BCUT2D eigenvalue weighted by Crippen LogP contribution is 2.27. The van der Waals surface area contributed by atoms with E-state index < -0.39 is 17.7 Å². The van der Waals surface area contributed by atoms with Crippen molar-refractivity contribution in [2.75, 3.05) is 0 Å². The molecule has 0 spiro atoms. The molecule has 5 heteroatoms. The van der Waals surface area contributed by atoms with E-state index in [2.05, 4.69) is 0 Å². The Morgan fingerprint density at radius 1 is 0.931 bits per heavy atom. The van der Waals surface area contributed by atoms with Gasteiger partial charge >= 0.3 is 11.6 Å². The molecule has 1 atom stereocenters. The van der Waals surface area contributed by atoms with Crippen LogP contribution < -0.4 is 10.4 Å². The fraction of sp³-hybridized carbons (Fsp3) is 0.167. The van der Waals surface area contributed by atoms with Crippen LogP contribution >= 0.6 is 0 Å². The van der Waals surface area contributed by atoms with Gasteiger partial charge in [-0.25, -0.2) is 9.59 Å². The van der Waals surface area contributed by atoms with Crippen molar-refractivity contribution < 1.29 is 18.7 Å². The lowest BCUT2D eigenvalue weighted by Gasteiger charge is -2.17. The monoisotopic (exact) mass is 388 g/mol. The summed E-state index contributed by atoms with van der Waals surface area (Å²) in [5.74, 6) is 0.0101. The van der Waals surface area contributed by atoms with Crippen molar-refractivity contribution in [3.63, 3.8) is 0 Å². The van der Waals surface area contributed by atoms with Gasteiger partial charge in [0.15, 0.2) is 6.10 Å². The van der Waals surface area contributed by atoms with Crippen molar-refractivity contribution >= 4 is 27.7 Å². The standard InChI is InChI=1S/C24H20O5/c1-2-21(24(26)27-15-16-8-4-3-5-9-16)28-17-12-13-19-18-10-6-7-11-20(18)23(25)29-22(19)14-17/h3-14,21H,2,15H2,1H3. The second-order valence-electron chi connectivity index (χ2n) is 6.70. The highest BCUT2D eigenvalue weighted by atomic mass is 16.6. The van der Waals surface area contributed by atoms with Gasteiger partial charge in [0, 0.05) is 11.5 Å². The van der Waals surface area contributed by atoms with Crippen LogP contribution in [0.1, 0.15) is 18.9 Å². The van der Waals surface area contributed by atoms with E-state index in [0.717, 1.165) is 16.3 Å². The van der Waals surface area contributed by atoms with Crippen LogP contribution in [0.4, 0.5) is 0 Å². The first kappa shape index (κ1) is 18.7. The molecule has 0 saturated carbocycles. The Kier molecular flexibility index (Phi) is 5.29. The van der Waals surface area contributed by atoms with Crippen molar-refractivity contribution in [1.82, 2.24) is 0 Å². The molecule has 1 heterocycles. The molecule has 4 rings (SSSR count). The predicted octanol–water partition coefficient (Wildman–Crippen LogP) is 4.85. The largest absolute Gasteiger partial charge is 0.479 e. The molecule has 0 aliphatic carbocycles. The van der Waals surface area contributed by atoms with Crippen LogP contribution in [0.2, 0.25) is 0 Å². The number of fused-ring (bicyclic) bond motifs is 3. The summed E-state index contributed by atoms with van der Waals surface area (Å²) in [5, 5.41) is 2.16. The number of carbonyl (C=O) groups excluding carboxylic acids is 1. The Hall–Kier alpha value is -3.60. The van der Waals surface area contributed by atoms with Gasteiger partial charge in [-0.2, -0.15) is 0 Å². The van der Waals surface area contributed by atoms with Crippen molar-refractivity contribution in [3.8, 4) is 5.75 Å². The van der Waals surface area contributed by atoms with E-state index in [4.69, 9.17) is 13.9 Å². The zero-order valence-corrected chi connectivity index (χ0v) is 16.0. The number of hydrogen-bond acceptors (Lipinski definition) is 5. The van der Waals surface area contributed by atoms with Crippen LogP contribution in [-0.4, -0.2) is 12.1 Å². The minimum Gasteiger partial charge on any atom is -0.479 e. The fourth-order valence-corrected chi connectivity index (χ4v) is 3.22. The molecule has 0 radical (unpaired) electrons. The first-order chi connectivity index (χ1) is 14.2. The highest BCUT2D eigenvalue weighted by Gasteiger charge is 2.21. The van der Waals surface area contributed by atoms with Gasteiger partial charge in [-0.3, -0.25) is 0 Å². The number of carbonyl (C=O) groups is 1. The summed E-state index contributed by atoms with van der Waals surface area (Å²) in [6.07, 6.45) is -0.295. The lowest BCUT2D eigenvalue weighted by Crippen LogP contribution is -2.28. The van der Waals surface area contributed by atoms with Crippen LogP contribution in [0, 0.1) is 0 Å². The molecule has 29 heavy (non-hydrogen) atoms. The first-order valence-electron chi connectivity index (χ1n) is 9.48. The zero-order valence-electron chi connectivity index (χ0n) is 16.0. The van der Waals surface area contributed by atoms with Gasteiger partial charge in [0.1, 0.15) is 17.9 Å². The van der Waals surface area contributed by atoms with Gasteiger partial charge in [0.2, 0.25) is 0 Å². The highest BCUT2D eigenvalue weighted by molar-refractivity contribution is 6.04. The number of hydrogen-bond donors (Lipinski definition) is 0. The van der Waals surface area contributed by atoms with Gasteiger partial charge < -0.3 is 13.9 Å². The summed E-state index contributed by atoms with van der Waals surface area (Å²) in [4.78, 5) is 24.7. The minimum absolute atomic E-state index is 0.193. The van der Waals surface area contributed by atoms with Crippen LogP contribution in [0.5, 0.6) is 5.75 Å². The summed E-state index contributed by atoms with van der Waals surface area (Å²) in [6, 6.07) is 22.0. The number of ether oxygens (including phenoxy) is 2. The third-order valence-corrected chi connectivity index (χ3v) is 4.73. The smallest absolute Gasteiger partial charge is 0.347 e. The normalized spacial score (nSPS) is 12.0. The average molecular weight is 388 g/mol. The van der Waals surface area contributed by atoms with Crippen LogP contribution in [0.3, 0.4) is 0 Å². The third kappa shape index (κ3) is 3.99. The number of esters is 1. The minimum atomic E-state index is -0.747. The molecule has 0 saturated heterocycles. The average Bonchev–Trinajstić information content (AvgIpc) is 2.76. The van der Waals surface area contributed by atoms with E-state index >= 15 is 0 Å². The van der Waals surface area contributed by atoms with Crippen molar-refractivity contribution in [1.29, 1.82) is 0 Å². The van der Waals surface area contributed by atoms with Crippen molar-refractivity contribution in [3.05, 3.63) is 88.8 Å². The second-order valence-corrected chi connectivity index (χ2v) is 6.70. The van der Waals surface area contributed by atoms with E-state index in [-0.39, 0.29) is 6.61 Å². The maximum atomic E-state index is 12.4. The van der Waals surface area contributed by atoms with E-state index in [1.54, 1.807) is 24.3 Å². The van der Waals surface area contributed by atoms with Crippen LogP contribution in [-0.2, 0) is 16.1 Å².